The van der Waals surface area contributed by atoms with Crippen LogP contribution in [0.3, 0.4) is 0 Å². The molecule has 3 heteroatoms. The van der Waals surface area contributed by atoms with E-state index in [9.17, 15) is 0 Å². The van der Waals surface area contributed by atoms with Crippen LogP contribution in [0.5, 0.6) is 0 Å². The minimum absolute atomic E-state index is 0.822. The summed E-state index contributed by atoms with van der Waals surface area (Å²) in [6, 6.07) is 2.42. The summed E-state index contributed by atoms with van der Waals surface area (Å²) >= 11 is 0. The maximum atomic E-state index is 6.38. The fourth-order valence-corrected chi connectivity index (χ4v) is 9.17. The summed E-state index contributed by atoms with van der Waals surface area (Å²) in [6.45, 7) is 10.6. The first-order chi connectivity index (χ1) is 17.7. The van der Waals surface area contributed by atoms with Gasteiger partial charge in [0, 0.05) is 13.2 Å². The van der Waals surface area contributed by atoms with E-state index in [1.165, 1.54) is 173 Å². The van der Waals surface area contributed by atoms with Gasteiger partial charge in [0.2, 0.25) is 0 Å². The van der Waals surface area contributed by atoms with Crippen LogP contribution in [0, 0.1) is 0 Å². The molecule has 0 spiro atoms. The Morgan fingerprint density at radius 2 is 0.528 bits per heavy atom. The first-order valence-electron chi connectivity index (χ1n) is 17.0. The predicted octanol–water partition coefficient (Wildman–Crippen LogP) is 12.3. The van der Waals surface area contributed by atoms with Crippen LogP contribution in [0.1, 0.15) is 188 Å². The van der Waals surface area contributed by atoms with Gasteiger partial charge in [0.15, 0.2) is 0 Å². The van der Waals surface area contributed by atoms with Gasteiger partial charge in [0.05, 0.1) is 0 Å². The highest BCUT2D eigenvalue weighted by Crippen LogP contribution is 2.26. The Morgan fingerprint density at radius 3 is 0.750 bits per heavy atom. The van der Waals surface area contributed by atoms with Crippen LogP contribution in [0.25, 0.3) is 0 Å². The fraction of sp³-hybridized carbons (Fsp3) is 1.00. The lowest BCUT2D eigenvalue weighted by Gasteiger charge is -2.30. The van der Waals surface area contributed by atoms with Crippen LogP contribution < -0.4 is 0 Å². The van der Waals surface area contributed by atoms with Gasteiger partial charge in [-0.2, -0.15) is 0 Å². The number of hydrogen-bond donors (Lipinski definition) is 0. The normalized spacial score (nSPS) is 12.0. The summed E-state index contributed by atoms with van der Waals surface area (Å²) in [5, 5.41) is 0. The zero-order valence-corrected chi connectivity index (χ0v) is 26.8. The van der Waals surface area contributed by atoms with Gasteiger partial charge in [0.25, 0.3) is 0 Å². The Balaban J connectivity index is 3.72. The predicted molar refractivity (Wildman–Crippen MR) is 165 cm³/mol. The zero-order valence-electron chi connectivity index (χ0n) is 25.8. The van der Waals surface area contributed by atoms with Crippen molar-refractivity contribution in [3.05, 3.63) is 0 Å². The van der Waals surface area contributed by atoms with E-state index in [4.69, 9.17) is 8.85 Å². The minimum atomic E-state index is -1.99. The summed E-state index contributed by atoms with van der Waals surface area (Å²) in [4.78, 5) is 0. The molecule has 0 N–H and O–H groups in total. The second kappa shape index (κ2) is 29.7. The van der Waals surface area contributed by atoms with Crippen LogP contribution >= 0.6 is 0 Å². The van der Waals surface area contributed by atoms with Crippen molar-refractivity contribution in [2.75, 3.05) is 13.2 Å². The van der Waals surface area contributed by atoms with Crippen LogP contribution in [-0.2, 0) is 8.85 Å². The summed E-state index contributed by atoms with van der Waals surface area (Å²) in [6.07, 6.45) is 35.5. The molecule has 0 bridgehead atoms. The van der Waals surface area contributed by atoms with Gasteiger partial charge < -0.3 is 8.85 Å². The summed E-state index contributed by atoms with van der Waals surface area (Å²) in [5.74, 6) is 0. The molecular weight excluding hydrogens is 456 g/mol. The Hall–Kier alpha value is 0.137. The second-order valence-corrected chi connectivity index (χ2v) is 14.8. The molecule has 0 saturated carbocycles. The van der Waals surface area contributed by atoms with Crippen molar-refractivity contribution in [1.29, 1.82) is 0 Å². The highest BCUT2D eigenvalue weighted by Gasteiger charge is 2.35. The Morgan fingerprint density at radius 1 is 0.306 bits per heavy atom. The molecule has 0 heterocycles. The van der Waals surface area contributed by atoms with Gasteiger partial charge in [-0.3, -0.25) is 0 Å². The molecule has 0 aromatic rings. The van der Waals surface area contributed by atoms with Crippen LogP contribution in [0.2, 0.25) is 12.1 Å². The number of unbranched alkanes of at least 4 members (excludes halogenated alkanes) is 23. The molecule has 0 rings (SSSR count). The summed E-state index contributed by atoms with van der Waals surface area (Å²) in [7, 11) is -1.99. The molecule has 0 aliphatic rings. The molecule has 0 saturated heterocycles. The lowest BCUT2D eigenvalue weighted by Crippen LogP contribution is -2.42. The van der Waals surface area contributed by atoms with E-state index in [1.54, 1.807) is 0 Å². The third kappa shape index (κ3) is 24.5. The Kier molecular flexibility index (Phi) is 29.8. The van der Waals surface area contributed by atoms with Gasteiger partial charge in [-0.05, 0) is 25.9 Å². The Labute approximate surface area is 230 Å². The van der Waals surface area contributed by atoms with Crippen molar-refractivity contribution in [2.24, 2.45) is 0 Å². The van der Waals surface area contributed by atoms with Crippen molar-refractivity contribution in [3.8, 4) is 0 Å². The van der Waals surface area contributed by atoms with E-state index in [0.717, 1.165) is 13.2 Å². The topological polar surface area (TPSA) is 18.5 Å². The smallest absolute Gasteiger partial charge is 0.338 e. The van der Waals surface area contributed by atoms with Crippen LogP contribution in [-0.4, -0.2) is 21.8 Å². The number of rotatable bonds is 31. The third-order valence-electron chi connectivity index (χ3n) is 7.89. The quantitative estimate of drug-likeness (QED) is 0.0660. The summed E-state index contributed by atoms with van der Waals surface area (Å²) in [5.41, 5.74) is 0. The molecule has 0 aliphatic heterocycles. The van der Waals surface area contributed by atoms with E-state index >= 15 is 0 Å². The first kappa shape index (κ1) is 36.1. The van der Waals surface area contributed by atoms with Gasteiger partial charge in [0.1, 0.15) is 0 Å². The molecule has 36 heavy (non-hydrogen) atoms. The van der Waals surface area contributed by atoms with Crippen molar-refractivity contribution in [1.82, 2.24) is 0 Å². The van der Waals surface area contributed by atoms with E-state index in [1.807, 2.05) is 0 Å². The largest absolute Gasteiger partial charge is 0.394 e. The first-order valence-corrected chi connectivity index (χ1v) is 19.3. The molecule has 0 fully saturated rings. The average Bonchev–Trinajstić information content (AvgIpc) is 2.88. The van der Waals surface area contributed by atoms with Crippen molar-refractivity contribution in [3.63, 3.8) is 0 Å². The molecule has 0 amide bonds. The lowest BCUT2D eigenvalue weighted by molar-refractivity contribution is 0.180. The molecule has 0 atom stereocenters. The molecule has 0 aromatic heterocycles. The molecular formula is C33H70O2Si. The van der Waals surface area contributed by atoms with Gasteiger partial charge in [-0.1, -0.05) is 174 Å². The Bertz CT molecular complexity index is 395. The highest BCUT2D eigenvalue weighted by atomic mass is 28.4. The molecule has 218 valence electrons. The average molecular weight is 527 g/mol. The van der Waals surface area contributed by atoms with Crippen LogP contribution in [0.15, 0.2) is 0 Å². The van der Waals surface area contributed by atoms with Gasteiger partial charge >= 0.3 is 8.56 Å². The fourth-order valence-electron chi connectivity index (χ4n) is 5.63. The molecule has 0 aromatic carbocycles. The van der Waals surface area contributed by atoms with Crippen LogP contribution in [0.4, 0.5) is 0 Å². The standard InChI is InChI=1S/C33H70O2Si/c1-5-9-11-13-15-17-18-19-20-21-22-23-24-25-27-29-31-33-36(34-7-3,35-8-4)32-30-28-26-16-14-12-10-6-2/h5-33H2,1-4H3. The zero-order chi connectivity index (χ0) is 26.4. The van der Waals surface area contributed by atoms with Gasteiger partial charge in [-0.25, -0.2) is 0 Å². The van der Waals surface area contributed by atoms with E-state index in [-0.39, 0.29) is 0 Å². The van der Waals surface area contributed by atoms with Crippen molar-refractivity contribution >= 4 is 8.56 Å². The SMILES string of the molecule is CCCCCCCCCCCCCCCCCCC[Si](CCCCCCCCCC)(OCC)OCC. The lowest BCUT2D eigenvalue weighted by atomic mass is 10.0. The monoisotopic (exact) mass is 527 g/mol. The molecule has 2 nitrogen and oxygen atoms in total. The second-order valence-electron chi connectivity index (χ2n) is 11.4. The third-order valence-corrected chi connectivity index (χ3v) is 11.7. The minimum Gasteiger partial charge on any atom is -0.394 e. The van der Waals surface area contributed by atoms with Gasteiger partial charge in [-0.15, -0.1) is 0 Å². The number of hydrogen-bond acceptors (Lipinski definition) is 2. The molecule has 0 unspecified atom stereocenters. The van der Waals surface area contributed by atoms with E-state index in [2.05, 4.69) is 27.7 Å². The van der Waals surface area contributed by atoms with E-state index in [0.29, 0.717) is 0 Å². The van der Waals surface area contributed by atoms with Crippen molar-refractivity contribution < 1.29 is 8.85 Å². The van der Waals surface area contributed by atoms with E-state index < -0.39 is 8.56 Å². The summed E-state index contributed by atoms with van der Waals surface area (Å²) < 4.78 is 12.8. The highest BCUT2D eigenvalue weighted by molar-refractivity contribution is 6.67. The van der Waals surface area contributed by atoms with Crippen molar-refractivity contribution in [2.45, 2.75) is 200 Å². The maximum Gasteiger partial charge on any atom is 0.338 e. The maximum absolute atomic E-state index is 6.38. The molecule has 0 aliphatic carbocycles. The molecule has 0 radical (unpaired) electrons.